The van der Waals surface area contributed by atoms with E-state index in [2.05, 4.69) is 52.9 Å². The number of benzene rings is 1. The van der Waals surface area contributed by atoms with Gasteiger partial charge in [-0.2, -0.15) is 0 Å². The number of fused-ring (bicyclic) bond motifs is 2. The first-order chi connectivity index (χ1) is 13.9. The van der Waals surface area contributed by atoms with Gasteiger partial charge in [0.2, 0.25) is 5.91 Å². The molecule has 1 amide bonds. The minimum Gasteiger partial charge on any atom is -0.336 e. The minimum absolute atomic E-state index is 0.306. The maximum absolute atomic E-state index is 13.6. The van der Waals surface area contributed by atoms with Crippen molar-refractivity contribution in [2.24, 2.45) is 17.6 Å². The lowest BCUT2D eigenvalue weighted by molar-refractivity contribution is -0.142. The zero-order valence-electron chi connectivity index (χ0n) is 18.0. The second kappa shape index (κ2) is 8.68. The second-order valence-corrected chi connectivity index (χ2v) is 10.7. The van der Waals surface area contributed by atoms with E-state index in [1.165, 1.54) is 36.8 Å². The van der Waals surface area contributed by atoms with E-state index in [0.717, 1.165) is 42.2 Å². The monoisotopic (exact) mass is 461 g/mol. The molecule has 1 saturated heterocycles. The largest absolute Gasteiger partial charge is 0.336 e. The Labute approximate surface area is 184 Å². The first kappa shape index (κ1) is 21.3. The Morgan fingerprint density at radius 2 is 1.86 bits per heavy atom. The standard InChI is InChI=1S/C24H36BrN3O/c1-17(2)18-3-6-21(7-4-18)27-12-9-24(10-13-27)22-8-5-20(25)15-19(22)16-28(14-11-26)23(24)29/h5,8,15,17-18,21H,3-4,6-7,9-14,16,26H2,1-2H3. The highest BCUT2D eigenvalue weighted by atomic mass is 79.9. The molecule has 4 nitrogen and oxygen atoms in total. The Hall–Kier alpha value is -0.910. The molecule has 1 aromatic carbocycles. The Morgan fingerprint density at radius 3 is 2.48 bits per heavy atom. The summed E-state index contributed by atoms with van der Waals surface area (Å²) in [6.45, 7) is 8.67. The van der Waals surface area contributed by atoms with Crippen molar-refractivity contribution in [1.82, 2.24) is 9.80 Å². The van der Waals surface area contributed by atoms with E-state index in [1.54, 1.807) is 0 Å². The lowest BCUT2D eigenvalue weighted by atomic mass is 9.67. The van der Waals surface area contributed by atoms with Gasteiger partial charge in [-0.15, -0.1) is 0 Å². The van der Waals surface area contributed by atoms with Crippen LogP contribution in [0.4, 0.5) is 0 Å². The quantitative estimate of drug-likeness (QED) is 0.726. The van der Waals surface area contributed by atoms with Gasteiger partial charge in [0.1, 0.15) is 0 Å². The SMILES string of the molecule is CC(C)C1CCC(N2CCC3(CC2)C(=O)N(CCN)Cc2cc(Br)ccc23)CC1. The molecule has 2 N–H and O–H groups in total. The van der Waals surface area contributed by atoms with Crippen molar-refractivity contribution < 1.29 is 4.79 Å². The molecule has 2 heterocycles. The van der Waals surface area contributed by atoms with Crippen molar-refractivity contribution in [2.45, 2.75) is 70.4 Å². The number of nitrogens with two attached hydrogens (primary N) is 1. The summed E-state index contributed by atoms with van der Waals surface area (Å²) in [5.74, 6) is 2.02. The van der Waals surface area contributed by atoms with Gasteiger partial charge in [-0.1, -0.05) is 35.8 Å². The van der Waals surface area contributed by atoms with E-state index in [1.807, 2.05) is 4.90 Å². The number of likely N-dealkylation sites (tertiary alicyclic amines) is 1. The van der Waals surface area contributed by atoms with Gasteiger partial charge >= 0.3 is 0 Å². The fourth-order valence-corrected chi connectivity index (χ4v) is 6.49. The number of piperidine rings is 1. The van der Waals surface area contributed by atoms with Crippen LogP contribution in [0.15, 0.2) is 22.7 Å². The summed E-state index contributed by atoms with van der Waals surface area (Å²) < 4.78 is 1.09. The van der Waals surface area contributed by atoms with Crippen molar-refractivity contribution in [3.8, 4) is 0 Å². The van der Waals surface area contributed by atoms with Crippen LogP contribution in [0, 0.1) is 11.8 Å². The number of halogens is 1. The van der Waals surface area contributed by atoms with Crippen LogP contribution in [-0.4, -0.2) is 47.9 Å². The van der Waals surface area contributed by atoms with E-state index >= 15 is 0 Å². The fraction of sp³-hybridized carbons (Fsp3) is 0.708. The minimum atomic E-state index is -0.352. The first-order valence-electron chi connectivity index (χ1n) is 11.5. The van der Waals surface area contributed by atoms with Gasteiger partial charge in [0.15, 0.2) is 0 Å². The summed E-state index contributed by atoms with van der Waals surface area (Å²) in [4.78, 5) is 18.3. The lowest BCUT2D eigenvalue weighted by Gasteiger charge is -2.49. The summed E-state index contributed by atoms with van der Waals surface area (Å²) in [5.41, 5.74) is 8.03. The molecule has 29 heavy (non-hydrogen) atoms. The van der Waals surface area contributed by atoms with Gasteiger partial charge in [-0.3, -0.25) is 4.79 Å². The van der Waals surface area contributed by atoms with Gasteiger partial charge in [0, 0.05) is 30.1 Å². The van der Waals surface area contributed by atoms with Crippen LogP contribution in [0.3, 0.4) is 0 Å². The summed E-state index contributed by atoms with van der Waals surface area (Å²) >= 11 is 3.62. The van der Waals surface area contributed by atoms with Gasteiger partial charge in [-0.05, 0) is 86.7 Å². The normalized spacial score (nSPS) is 27.5. The summed E-state index contributed by atoms with van der Waals surface area (Å²) in [6.07, 6.45) is 7.25. The zero-order chi connectivity index (χ0) is 20.6. The fourth-order valence-electron chi connectivity index (χ4n) is 6.08. The number of nitrogens with zero attached hydrogens (tertiary/aromatic N) is 2. The average Bonchev–Trinajstić information content (AvgIpc) is 2.72. The highest BCUT2D eigenvalue weighted by molar-refractivity contribution is 9.10. The molecule has 0 bridgehead atoms. The molecule has 1 aliphatic carbocycles. The first-order valence-corrected chi connectivity index (χ1v) is 12.3. The zero-order valence-corrected chi connectivity index (χ0v) is 19.6. The molecule has 160 valence electrons. The third-order valence-electron chi connectivity index (χ3n) is 7.89. The molecule has 2 aliphatic heterocycles. The predicted octanol–water partition coefficient (Wildman–Crippen LogP) is 4.30. The van der Waals surface area contributed by atoms with E-state index in [0.29, 0.717) is 31.6 Å². The molecule has 5 heteroatoms. The topological polar surface area (TPSA) is 49.6 Å². The van der Waals surface area contributed by atoms with E-state index in [9.17, 15) is 4.79 Å². The van der Waals surface area contributed by atoms with Crippen molar-refractivity contribution >= 4 is 21.8 Å². The highest BCUT2D eigenvalue weighted by Crippen LogP contribution is 2.44. The number of rotatable bonds is 4. The molecular weight excluding hydrogens is 426 g/mol. The smallest absolute Gasteiger partial charge is 0.233 e. The molecule has 0 atom stereocenters. The summed E-state index contributed by atoms with van der Waals surface area (Å²) in [6, 6.07) is 7.21. The molecule has 4 rings (SSSR count). The number of hydrogen-bond acceptors (Lipinski definition) is 3. The molecule has 1 aromatic rings. The van der Waals surface area contributed by atoms with Crippen molar-refractivity contribution in [3.63, 3.8) is 0 Å². The average molecular weight is 462 g/mol. The molecule has 1 spiro atoms. The lowest BCUT2D eigenvalue weighted by Crippen LogP contribution is -2.57. The molecular formula is C24H36BrN3O. The van der Waals surface area contributed by atoms with Crippen molar-refractivity contribution in [1.29, 1.82) is 0 Å². The van der Waals surface area contributed by atoms with Gasteiger partial charge in [0.05, 0.1) is 5.41 Å². The van der Waals surface area contributed by atoms with Gasteiger partial charge in [0.25, 0.3) is 0 Å². The van der Waals surface area contributed by atoms with E-state index in [4.69, 9.17) is 5.73 Å². The van der Waals surface area contributed by atoms with Gasteiger partial charge in [-0.25, -0.2) is 0 Å². The highest BCUT2D eigenvalue weighted by Gasteiger charge is 2.49. The maximum atomic E-state index is 13.6. The van der Waals surface area contributed by atoms with E-state index < -0.39 is 0 Å². The number of carbonyl (C=O) groups is 1. The maximum Gasteiger partial charge on any atom is 0.233 e. The number of carbonyl (C=O) groups excluding carboxylic acids is 1. The Morgan fingerprint density at radius 1 is 1.17 bits per heavy atom. The number of amides is 1. The predicted molar refractivity (Wildman–Crippen MR) is 122 cm³/mol. The molecule has 0 unspecified atom stereocenters. The van der Waals surface area contributed by atoms with Crippen LogP contribution in [-0.2, 0) is 16.8 Å². The van der Waals surface area contributed by atoms with Gasteiger partial charge < -0.3 is 15.5 Å². The summed E-state index contributed by atoms with van der Waals surface area (Å²) in [5, 5.41) is 0. The van der Waals surface area contributed by atoms with Crippen LogP contribution in [0.25, 0.3) is 0 Å². The van der Waals surface area contributed by atoms with E-state index in [-0.39, 0.29) is 5.41 Å². The van der Waals surface area contributed by atoms with Crippen LogP contribution in [0.1, 0.15) is 63.5 Å². The number of hydrogen-bond donors (Lipinski definition) is 1. The summed E-state index contributed by atoms with van der Waals surface area (Å²) in [7, 11) is 0. The second-order valence-electron chi connectivity index (χ2n) is 9.75. The molecule has 0 aromatic heterocycles. The van der Waals surface area contributed by atoms with Crippen LogP contribution < -0.4 is 5.73 Å². The molecule has 1 saturated carbocycles. The molecule has 0 radical (unpaired) electrons. The molecule has 3 aliphatic rings. The third kappa shape index (κ3) is 4.03. The van der Waals surface area contributed by atoms with Crippen molar-refractivity contribution in [2.75, 3.05) is 26.2 Å². The Kier molecular flexibility index (Phi) is 6.38. The van der Waals surface area contributed by atoms with Crippen LogP contribution >= 0.6 is 15.9 Å². The Bertz CT molecular complexity index is 734. The van der Waals surface area contributed by atoms with Crippen molar-refractivity contribution in [3.05, 3.63) is 33.8 Å². The van der Waals surface area contributed by atoms with Crippen LogP contribution in [0.2, 0.25) is 0 Å². The Balaban J connectivity index is 1.51. The molecule has 2 fully saturated rings. The van der Waals surface area contributed by atoms with Crippen LogP contribution in [0.5, 0.6) is 0 Å². The third-order valence-corrected chi connectivity index (χ3v) is 8.39.